The Bertz CT molecular complexity index is 320. The Labute approximate surface area is 87.2 Å². The van der Waals surface area contributed by atoms with Crippen molar-refractivity contribution in [2.45, 2.75) is 12.3 Å². The highest BCUT2D eigenvalue weighted by Gasteiger charge is 2.18. The number of nitrogens with two attached hydrogens (primary N) is 1. The highest BCUT2D eigenvalue weighted by atomic mass is 79.9. The maximum Gasteiger partial charge on any atom is 0.268 e. The summed E-state index contributed by atoms with van der Waals surface area (Å²) >= 11 is 8.51. The number of anilines is 1. The van der Waals surface area contributed by atoms with E-state index in [0.717, 1.165) is 0 Å². The molecule has 1 rings (SSSR count). The highest BCUT2D eigenvalue weighted by Crippen LogP contribution is 2.33. The van der Waals surface area contributed by atoms with Crippen molar-refractivity contribution in [1.29, 1.82) is 0 Å². The van der Waals surface area contributed by atoms with E-state index in [1.54, 1.807) is 0 Å². The summed E-state index contributed by atoms with van der Waals surface area (Å²) in [5.41, 5.74) is 5.49. The van der Waals surface area contributed by atoms with Gasteiger partial charge in [-0.05, 0) is 15.9 Å². The van der Waals surface area contributed by atoms with Gasteiger partial charge in [0.15, 0.2) is 0 Å². The topological polar surface area (TPSA) is 38.9 Å². The molecule has 1 aromatic heterocycles. The Balaban J connectivity index is 3.30. The van der Waals surface area contributed by atoms with Crippen LogP contribution in [0.3, 0.4) is 0 Å². The number of alkyl halides is 3. The summed E-state index contributed by atoms with van der Waals surface area (Å²) in [5, 5.41) is 0. The van der Waals surface area contributed by atoms with E-state index in [0.29, 0.717) is 5.56 Å². The molecular formula is C7H6BrClF2N2. The van der Waals surface area contributed by atoms with Crippen LogP contribution in [0.4, 0.5) is 14.6 Å². The molecule has 72 valence electrons. The van der Waals surface area contributed by atoms with Crippen molar-refractivity contribution in [2.75, 3.05) is 5.73 Å². The van der Waals surface area contributed by atoms with Crippen LogP contribution < -0.4 is 5.73 Å². The summed E-state index contributed by atoms with van der Waals surface area (Å²) in [7, 11) is 0. The van der Waals surface area contributed by atoms with E-state index in [-0.39, 0.29) is 21.7 Å². The Morgan fingerprint density at radius 1 is 1.62 bits per heavy atom. The molecular weight excluding hydrogens is 265 g/mol. The number of nitrogens with zero attached hydrogens (tertiary/aromatic N) is 1. The molecule has 0 unspecified atom stereocenters. The van der Waals surface area contributed by atoms with Gasteiger partial charge in [-0.2, -0.15) is 0 Å². The Hall–Kier alpha value is -0.420. The molecule has 2 N–H and O–H groups in total. The summed E-state index contributed by atoms with van der Waals surface area (Å²) in [4.78, 5) is 3.62. The maximum absolute atomic E-state index is 12.4. The second kappa shape index (κ2) is 4.19. The minimum absolute atomic E-state index is 0.119. The van der Waals surface area contributed by atoms with Crippen molar-refractivity contribution in [3.05, 3.63) is 21.8 Å². The molecule has 1 aromatic rings. The Morgan fingerprint density at radius 2 is 2.23 bits per heavy atom. The zero-order valence-electron chi connectivity index (χ0n) is 6.40. The number of aromatic nitrogens is 1. The fourth-order valence-electron chi connectivity index (χ4n) is 0.860. The second-order valence-electron chi connectivity index (χ2n) is 2.33. The van der Waals surface area contributed by atoms with Crippen molar-refractivity contribution in [1.82, 2.24) is 4.98 Å². The van der Waals surface area contributed by atoms with Crippen LogP contribution in [0.5, 0.6) is 0 Å². The SMILES string of the molecule is Nc1ncc(CCl)c(Br)c1C(F)F. The third-order valence-electron chi connectivity index (χ3n) is 1.52. The molecule has 13 heavy (non-hydrogen) atoms. The van der Waals surface area contributed by atoms with Crippen LogP contribution in [0.15, 0.2) is 10.7 Å². The smallest absolute Gasteiger partial charge is 0.268 e. The normalized spacial score (nSPS) is 10.8. The van der Waals surface area contributed by atoms with E-state index < -0.39 is 6.43 Å². The zero-order valence-corrected chi connectivity index (χ0v) is 8.74. The fraction of sp³-hybridized carbons (Fsp3) is 0.286. The van der Waals surface area contributed by atoms with E-state index in [4.69, 9.17) is 17.3 Å². The highest BCUT2D eigenvalue weighted by molar-refractivity contribution is 9.10. The molecule has 0 saturated heterocycles. The van der Waals surface area contributed by atoms with Gasteiger partial charge in [0, 0.05) is 16.2 Å². The number of rotatable bonds is 2. The third-order valence-corrected chi connectivity index (χ3v) is 2.74. The Morgan fingerprint density at radius 3 is 2.69 bits per heavy atom. The van der Waals surface area contributed by atoms with Gasteiger partial charge in [-0.1, -0.05) is 0 Å². The molecule has 0 fully saturated rings. The molecule has 0 aromatic carbocycles. The first-order valence-electron chi connectivity index (χ1n) is 3.34. The van der Waals surface area contributed by atoms with Gasteiger partial charge in [-0.3, -0.25) is 0 Å². The number of hydrogen-bond donors (Lipinski definition) is 1. The summed E-state index contributed by atoms with van der Waals surface area (Å²) in [5.74, 6) is -0.0520. The van der Waals surface area contributed by atoms with E-state index in [2.05, 4.69) is 20.9 Å². The number of halogens is 4. The lowest BCUT2D eigenvalue weighted by Crippen LogP contribution is -2.01. The summed E-state index contributed by atoms with van der Waals surface area (Å²) in [6.07, 6.45) is -1.27. The molecule has 0 bridgehead atoms. The molecule has 6 heteroatoms. The van der Waals surface area contributed by atoms with Crippen LogP contribution in [0, 0.1) is 0 Å². The van der Waals surface area contributed by atoms with Crippen LogP contribution in [0.1, 0.15) is 17.6 Å². The van der Waals surface area contributed by atoms with Gasteiger partial charge in [-0.15, -0.1) is 11.6 Å². The number of pyridine rings is 1. The molecule has 0 aliphatic heterocycles. The molecule has 0 radical (unpaired) electrons. The van der Waals surface area contributed by atoms with Gasteiger partial charge >= 0.3 is 0 Å². The van der Waals surface area contributed by atoms with E-state index in [1.165, 1.54) is 6.20 Å². The summed E-state index contributed by atoms with van der Waals surface area (Å²) in [6, 6.07) is 0. The lowest BCUT2D eigenvalue weighted by Gasteiger charge is -2.08. The monoisotopic (exact) mass is 270 g/mol. The van der Waals surface area contributed by atoms with Crippen LogP contribution in [-0.2, 0) is 5.88 Å². The van der Waals surface area contributed by atoms with Gasteiger partial charge in [0.25, 0.3) is 6.43 Å². The van der Waals surface area contributed by atoms with Crippen molar-refractivity contribution in [3.8, 4) is 0 Å². The van der Waals surface area contributed by atoms with Crippen LogP contribution in [0.2, 0.25) is 0 Å². The largest absolute Gasteiger partial charge is 0.383 e. The second-order valence-corrected chi connectivity index (χ2v) is 3.39. The quantitative estimate of drug-likeness (QED) is 0.840. The Kier molecular flexibility index (Phi) is 3.44. The zero-order chi connectivity index (χ0) is 10.0. The van der Waals surface area contributed by atoms with Crippen molar-refractivity contribution < 1.29 is 8.78 Å². The first-order valence-corrected chi connectivity index (χ1v) is 4.67. The van der Waals surface area contributed by atoms with Gasteiger partial charge < -0.3 is 5.73 Å². The molecule has 0 atom stereocenters. The molecule has 1 heterocycles. The van der Waals surface area contributed by atoms with Gasteiger partial charge in [-0.25, -0.2) is 13.8 Å². The van der Waals surface area contributed by atoms with Gasteiger partial charge in [0.1, 0.15) is 5.82 Å². The lowest BCUT2D eigenvalue weighted by atomic mass is 10.2. The van der Waals surface area contributed by atoms with Crippen molar-refractivity contribution in [2.24, 2.45) is 0 Å². The van der Waals surface area contributed by atoms with E-state index in [1.807, 2.05) is 0 Å². The molecule has 2 nitrogen and oxygen atoms in total. The maximum atomic E-state index is 12.4. The van der Waals surface area contributed by atoms with Crippen LogP contribution in [0.25, 0.3) is 0 Å². The van der Waals surface area contributed by atoms with Crippen molar-refractivity contribution in [3.63, 3.8) is 0 Å². The summed E-state index contributed by atoms with van der Waals surface area (Å²) < 4.78 is 25.1. The van der Waals surface area contributed by atoms with Crippen molar-refractivity contribution >= 4 is 33.3 Å². The number of nitrogen functional groups attached to an aromatic ring is 1. The molecule has 0 saturated carbocycles. The van der Waals surface area contributed by atoms with Crippen LogP contribution >= 0.6 is 27.5 Å². The average molecular weight is 271 g/mol. The number of hydrogen-bond acceptors (Lipinski definition) is 2. The lowest BCUT2D eigenvalue weighted by molar-refractivity contribution is 0.151. The predicted molar refractivity (Wildman–Crippen MR) is 50.9 cm³/mol. The predicted octanol–water partition coefficient (Wildman–Crippen LogP) is 3.10. The average Bonchev–Trinajstić information content (AvgIpc) is 2.04. The summed E-state index contributed by atoms with van der Waals surface area (Å²) in [6.45, 7) is 0. The molecule has 0 amide bonds. The molecule has 0 aliphatic rings. The standard InChI is InChI=1S/C7H6BrClF2N2/c8-5-3(1-9)2-13-7(12)4(5)6(10)11/h2,6H,1H2,(H2,12,13). The van der Waals surface area contributed by atoms with Gasteiger partial charge in [0.05, 0.1) is 11.4 Å². The first kappa shape index (κ1) is 10.7. The van der Waals surface area contributed by atoms with Gasteiger partial charge in [0.2, 0.25) is 0 Å². The molecule has 0 spiro atoms. The van der Waals surface area contributed by atoms with E-state index >= 15 is 0 Å². The fourth-order valence-corrected chi connectivity index (χ4v) is 1.84. The minimum atomic E-state index is -2.65. The third kappa shape index (κ3) is 2.08. The minimum Gasteiger partial charge on any atom is -0.383 e. The van der Waals surface area contributed by atoms with Crippen LogP contribution in [-0.4, -0.2) is 4.98 Å². The molecule has 0 aliphatic carbocycles. The van der Waals surface area contributed by atoms with E-state index in [9.17, 15) is 8.78 Å². The first-order chi connectivity index (χ1) is 6.07.